The van der Waals surface area contributed by atoms with Crippen molar-refractivity contribution >= 4 is 0 Å². The van der Waals surface area contributed by atoms with Crippen molar-refractivity contribution in [2.45, 2.75) is 57.4 Å². The number of likely N-dealkylation sites (tertiary alicyclic amines) is 1. The summed E-state index contributed by atoms with van der Waals surface area (Å²) in [6, 6.07) is 17.5. The highest BCUT2D eigenvalue weighted by Gasteiger charge is 2.26. The van der Waals surface area contributed by atoms with Gasteiger partial charge in [0.25, 0.3) is 0 Å². The Bertz CT molecular complexity index is 667. The van der Waals surface area contributed by atoms with E-state index in [0.29, 0.717) is 11.8 Å². The summed E-state index contributed by atoms with van der Waals surface area (Å²) < 4.78 is 0. The van der Waals surface area contributed by atoms with Crippen LogP contribution in [0, 0.1) is 0 Å². The number of hydrogen-bond donors (Lipinski definition) is 1. The van der Waals surface area contributed by atoms with Crippen LogP contribution in [-0.2, 0) is 6.42 Å². The second kappa shape index (κ2) is 8.53. The van der Waals surface area contributed by atoms with E-state index in [1.807, 2.05) is 6.07 Å². The molecule has 25 heavy (non-hydrogen) atoms. The van der Waals surface area contributed by atoms with Gasteiger partial charge in [-0.25, -0.2) is 0 Å². The van der Waals surface area contributed by atoms with Crippen molar-refractivity contribution in [1.82, 2.24) is 4.90 Å². The van der Waals surface area contributed by atoms with Crippen molar-refractivity contribution in [3.05, 3.63) is 65.2 Å². The second-order valence-corrected chi connectivity index (χ2v) is 7.47. The lowest BCUT2D eigenvalue weighted by Crippen LogP contribution is -2.37. The summed E-state index contributed by atoms with van der Waals surface area (Å²) in [7, 11) is 2.25. The quantitative estimate of drug-likeness (QED) is 0.768. The van der Waals surface area contributed by atoms with Crippen molar-refractivity contribution in [2.24, 2.45) is 0 Å². The van der Waals surface area contributed by atoms with Crippen LogP contribution in [0.25, 0.3) is 0 Å². The van der Waals surface area contributed by atoms with Crippen LogP contribution in [0.1, 0.15) is 61.6 Å². The minimum Gasteiger partial charge on any atom is -0.508 e. The fourth-order valence-corrected chi connectivity index (χ4v) is 4.17. The molecule has 2 aromatic carbocycles. The first-order chi connectivity index (χ1) is 12.2. The number of aromatic hydroxyl groups is 1. The molecule has 2 nitrogen and oxygen atoms in total. The summed E-state index contributed by atoms with van der Waals surface area (Å²) in [5.41, 5.74) is 3.73. The maximum atomic E-state index is 10.6. The lowest BCUT2D eigenvalue weighted by atomic mass is 9.82. The smallest absolute Gasteiger partial charge is 0.119 e. The Kier molecular flexibility index (Phi) is 6.14. The highest BCUT2D eigenvalue weighted by Crippen LogP contribution is 2.37. The molecular formula is C23H31NO. The predicted molar refractivity (Wildman–Crippen MR) is 105 cm³/mol. The highest BCUT2D eigenvalue weighted by atomic mass is 16.3. The van der Waals surface area contributed by atoms with Gasteiger partial charge in [-0.1, -0.05) is 62.2 Å². The average Bonchev–Trinajstić information content (AvgIpc) is 2.64. The molecule has 0 radical (unpaired) electrons. The maximum Gasteiger partial charge on any atom is 0.119 e. The molecule has 2 unspecified atom stereocenters. The van der Waals surface area contributed by atoms with E-state index < -0.39 is 0 Å². The van der Waals surface area contributed by atoms with E-state index >= 15 is 0 Å². The summed E-state index contributed by atoms with van der Waals surface area (Å²) in [6.07, 6.45) is 7.15. The molecule has 2 aromatic rings. The van der Waals surface area contributed by atoms with E-state index in [2.05, 4.69) is 61.3 Å². The van der Waals surface area contributed by atoms with Gasteiger partial charge < -0.3 is 10.0 Å². The molecule has 1 heterocycles. The fourth-order valence-electron chi connectivity index (χ4n) is 4.17. The normalized spacial score (nSPS) is 19.7. The molecule has 1 aliphatic rings. The Morgan fingerprint density at radius 3 is 2.64 bits per heavy atom. The van der Waals surface area contributed by atoms with E-state index in [1.165, 1.54) is 36.9 Å². The molecule has 0 aliphatic carbocycles. The molecule has 0 aromatic heterocycles. The maximum absolute atomic E-state index is 10.6. The molecule has 1 saturated heterocycles. The molecule has 134 valence electrons. The zero-order chi connectivity index (χ0) is 17.6. The topological polar surface area (TPSA) is 23.5 Å². The zero-order valence-corrected chi connectivity index (χ0v) is 15.6. The number of rotatable bonds is 6. The fraction of sp³-hybridized carbons (Fsp3) is 0.478. The van der Waals surface area contributed by atoms with Crippen LogP contribution in [-0.4, -0.2) is 29.6 Å². The van der Waals surface area contributed by atoms with E-state index in [1.54, 1.807) is 0 Å². The Morgan fingerprint density at radius 2 is 1.92 bits per heavy atom. The first-order valence-corrected chi connectivity index (χ1v) is 9.76. The molecule has 2 atom stereocenters. The summed E-state index contributed by atoms with van der Waals surface area (Å²) in [5.74, 6) is 0.690. The summed E-state index contributed by atoms with van der Waals surface area (Å²) >= 11 is 0. The third-order valence-electron chi connectivity index (χ3n) is 5.64. The first-order valence-electron chi connectivity index (χ1n) is 9.76. The van der Waals surface area contributed by atoms with Crippen LogP contribution in [0.2, 0.25) is 0 Å². The van der Waals surface area contributed by atoms with Crippen LogP contribution in [0.4, 0.5) is 0 Å². The Morgan fingerprint density at radius 1 is 1.12 bits per heavy atom. The number of benzene rings is 2. The van der Waals surface area contributed by atoms with Crippen molar-refractivity contribution in [3.8, 4) is 5.75 Å². The van der Waals surface area contributed by atoms with Gasteiger partial charge in [-0.05, 0) is 56.5 Å². The number of piperidine rings is 1. The summed E-state index contributed by atoms with van der Waals surface area (Å²) in [5, 5.41) is 10.6. The zero-order valence-electron chi connectivity index (χ0n) is 15.6. The van der Waals surface area contributed by atoms with Gasteiger partial charge in [-0.2, -0.15) is 0 Å². The first kappa shape index (κ1) is 18.0. The lowest BCUT2D eigenvalue weighted by Gasteiger charge is -2.35. The molecule has 0 saturated carbocycles. The highest BCUT2D eigenvalue weighted by molar-refractivity contribution is 5.44. The van der Waals surface area contributed by atoms with Gasteiger partial charge in [0.2, 0.25) is 0 Å². The molecule has 0 spiro atoms. The molecule has 0 bridgehead atoms. The van der Waals surface area contributed by atoms with Crippen molar-refractivity contribution < 1.29 is 5.11 Å². The van der Waals surface area contributed by atoms with Crippen LogP contribution in [0.5, 0.6) is 5.75 Å². The third kappa shape index (κ3) is 4.43. The number of hydrogen-bond acceptors (Lipinski definition) is 2. The van der Waals surface area contributed by atoms with Crippen molar-refractivity contribution in [2.75, 3.05) is 13.6 Å². The van der Waals surface area contributed by atoms with Gasteiger partial charge in [0, 0.05) is 17.5 Å². The number of aryl methyl sites for hydroxylation is 1. The Labute approximate surface area is 152 Å². The SMILES string of the molecule is CCCc1ccc(O)c(C(CC2CCCCN2C)c2ccccc2)c1. The van der Waals surface area contributed by atoms with E-state index in [-0.39, 0.29) is 5.92 Å². The second-order valence-electron chi connectivity index (χ2n) is 7.47. The monoisotopic (exact) mass is 337 g/mol. The minimum atomic E-state index is 0.253. The van der Waals surface area contributed by atoms with E-state index in [0.717, 1.165) is 24.8 Å². The lowest BCUT2D eigenvalue weighted by molar-refractivity contribution is 0.171. The number of phenols is 1. The Hall–Kier alpha value is -1.80. The molecule has 1 N–H and O–H groups in total. The van der Waals surface area contributed by atoms with Gasteiger partial charge in [0.15, 0.2) is 0 Å². The average molecular weight is 338 g/mol. The van der Waals surface area contributed by atoms with E-state index in [4.69, 9.17) is 0 Å². The largest absolute Gasteiger partial charge is 0.508 e. The van der Waals surface area contributed by atoms with Gasteiger partial charge in [-0.3, -0.25) is 0 Å². The van der Waals surface area contributed by atoms with Gasteiger partial charge in [-0.15, -0.1) is 0 Å². The number of nitrogens with zero attached hydrogens (tertiary/aromatic N) is 1. The van der Waals surface area contributed by atoms with Crippen molar-refractivity contribution in [3.63, 3.8) is 0 Å². The summed E-state index contributed by atoms with van der Waals surface area (Å²) in [4.78, 5) is 2.51. The van der Waals surface area contributed by atoms with E-state index in [9.17, 15) is 5.11 Å². The van der Waals surface area contributed by atoms with Gasteiger partial charge >= 0.3 is 0 Å². The minimum absolute atomic E-state index is 0.253. The van der Waals surface area contributed by atoms with Crippen LogP contribution >= 0.6 is 0 Å². The standard InChI is InChI=1S/C23H31NO/c1-3-9-18-13-14-23(25)22(16-18)21(19-10-5-4-6-11-19)17-20-12-7-8-15-24(20)2/h4-6,10-11,13-14,16,20-21,25H,3,7-9,12,15,17H2,1-2H3. The van der Waals surface area contributed by atoms with Gasteiger partial charge in [0.05, 0.1) is 0 Å². The molecule has 1 aliphatic heterocycles. The predicted octanol–water partition coefficient (Wildman–Crippen LogP) is 5.35. The number of phenolic OH excluding ortho intramolecular Hbond substituents is 1. The molecule has 3 rings (SSSR count). The van der Waals surface area contributed by atoms with Crippen LogP contribution in [0.15, 0.2) is 48.5 Å². The molecule has 1 fully saturated rings. The van der Waals surface area contributed by atoms with Crippen LogP contribution in [0.3, 0.4) is 0 Å². The molecular weight excluding hydrogens is 306 g/mol. The van der Waals surface area contributed by atoms with Gasteiger partial charge in [0.1, 0.15) is 5.75 Å². The third-order valence-corrected chi connectivity index (χ3v) is 5.64. The summed E-state index contributed by atoms with van der Waals surface area (Å²) in [6.45, 7) is 3.40. The Balaban J connectivity index is 1.95. The van der Waals surface area contributed by atoms with Crippen molar-refractivity contribution in [1.29, 1.82) is 0 Å². The molecule has 2 heteroatoms. The van der Waals surface area contributed by atoms with Crippen LogP contribution < -0.4 is 0 Å². The molecule has 0 amide bonds.